The topological polar surface area (TPSA) is 0 Å². The Kier molecular flexibility index (Phi) is 13.8. The van der Waals surface area contributed by atoms with Crippen LogP contribution >= 0.6 is 23.2 Å². The van der Waals surface area contributed by atoms with Crippen LogP contribution < -0.4 is 14.3 Å². The zero-order chi connectivity index (χ0) is 27.9. The molecule has 4 rings (SSSR count). The Morgan fingerprint density at radius 1 is 0.325 bits per heavy atom. The molecule has 0 radical (unpaired) electrons. The fourth-order valence-corrected chi connectivity index (χ4v) is 36.2. The fraction of sp³-hybridized carbons (Fsp3) is 0.333. The van der Waals surface area contributed by atoms with Crippen LogP contribution in [0.25, 0.3) is 0 Å². The fourth-order valence-electron chi connectivity index (χ4n) is 6.66. The van der Waals surface area contributed by atoms with Gasteiger partial charge in [0.25, 0.3) is 0 Å². The molecule has 4 aromatic rings. The van der Waals surface area contributed by atoms with E-state index in [0.29, 0.717) is 0 Å². The van der Waals surface area contributed by atoms with Gasteiger partial charge in [-0.3, -0.25) is 0 Å². The van der Waals surface area contributed by atoms with Crippen LogP contribution in [-0.4, -0.2) is 48.5 Å². The summed E-state index contributed by atoms with van der Waals surface area (Å²) in [5, 5.41) is 0. The van der Waals surface area contributed by atoms with Gasteiger partial charge >= 0.3 is 264 Å². The van der Waals surface area contributed by atoms with Crippen LogP contribution in [0.3, 0.4) is 0 Å². The van der Waals surface area contributed by atoms with Gasteiger partial charge in [0.2, 0.25) is 0 Å². The number of rotatable bonds is 17. The van der Waals surface area contributed by atoms with E-state index in [-0.39, 0.29) is 0 Å². The molecule has 4 heteroatoms. The van der Waals surface area contributed by atoms with Crippen LogP contribution in [0.15, 0.2) is 121 Å². The molecule has 0 saturated heterocycles. The third-order valence-electron chi connectivity index (χ3n) is 8.74. The maximum absolute atomic E-state index is 6.19. The molecule has 0 heterocycles. The van der Waals surface area contributed by atoms with E-state index in [1.807, 2.05) is 0 Å². The van der Waals surface area contributed by atoms with Crippen LogP contribution in [0.2, 0.25) is 17.7 Å². The molecule has 0 saturated carbocycles. The average Bonchev–Trinajstić information content (AvgIpc) is 3.03. The van der Waals surface area contributed by atoms with Crippen LogP contribution in [-0.2, 0) is 0 Å². The Balaban J connectivity index is 1.64. The second-order valence-corrected chi connectivity index (χ2v) is 36.5. The first-order chi connectivity index (χ1) is 19.7. The van der Waals surface area contributed by atoms with Gasteiger partial charge in [-0.1, -0.05) is 0 Å². The van der Waals surface area contributed by atoms with Gasteiger partial charge in [0.05, 0.1) is 0 Å². The van der Waals surface area contributed by atoms with Crippen molar-refractivity contribution in [3.63, 3.8) is 0 Å². The van der Waals surface area contributed by atoms with E-state index in [0.717, 1.165) is 24.6 Å². The van der Waals surface area contributed by atoms with Crippen molar-refractivity contribution in [1.82, 2.24) is 0 Å². The molecule has 210 valence electrons. The first kappa shape index (κ1) is 32.0. The summed E-state index contributed by atoms with van der Waals surface area (Å²) in [4.78, 5) is 0. The minimum absolute atomic E-state index is 0.763. The van der Waals surface area contributed by atoms with Crippen molar-refractivity contribution in [2.45, 2.75) is 56.3 Å². The molecule has 0 fully saturated rings. The van der Waals surface area contributed by atoms with Gasteiger partial charge in [-0.25, -0.2) is 0 Å². The van der Waals surface area contributed by atoms with Gasteiger partial charge in [-0.15, -0.1) is 0 Å². The Hall–Kier alpha value is -0.943. The van der Waals surface area contributed by atoms with Crippen molar-refractivity contribution >= 4 is 74.3 Å². The Morgan fingerprint density at radius 3 is 0.775 bits per heavy atom. The Morgan fingerprint density at radius 2 is 0.550 bits per heavy atom. The van der Waals surface area contributed by atoms with Crippen molar-refractivity contribution < 1.29 is 0 Å². The number of alkyl halides is 2. The number of halogens is 2. The molecule has 0 aromatic heterocycles. The SMILES string of the molecule is ClCCC[CH2][Sn]([CH2]CC[CH2][Sn]([CH2]CCCCl)([c]1ccccc1)[c]1ccccc1)([c]1ccccc1)[c]1ccccc1. The van der Waals surface area contributed by atoms with E-state index in [2.05, 4.69) is 121 Å². The maximum atomic E-state index is 6.19. The molecule has 0 bridgehead atoms. The third kappa shape index (κ3) is 8.33. The summed E-state index contributed by atoms with van der Waals surface area (Å²) in [7, 11) is 0. The molecule has 0 amide bonds. The van der Waals surface area contributed by atoms with Crippen LogP contribution in [0.4, 0.5) is 0 Å². The van der Waals surface area contributed by atoms with Gasteiger partial charge in [0, 0.05) is 0 Å². The molecule has 0 N–H and O–H groups in total. The first-order valence-electron chi connectivity index (χ1n) is 15.1. The normalized spacial score (nSPS) is 11.9. The molecule has 0 aliphatic rings. The van der Waals surface area contributed by atoms with E-state index in [4.69, 9.17) is 23.2 Å². The van der Waals surface area contributed by atoms with Crippen LogP contribution in [0.1, 0.15) is 38.5 Å². The summed E-state index contributed by atoms with van der Waals surface area (Å²) in [6.45, 7) is 0. The predicted molar refractivity (Wildman–Crippen MR) is 184 cm³/mol. The Labute approximate surface area is 261 Å². The van der Waals surface area contributed by atoms with E-state index in [9.17, 15) is 0 Å². The van der Waals surface area contributed by atoms with Crippen molar-refractivity contribution in [3.05, 3.63) is 121 Å². The number of unbranched alkanes of at least 4 members (excludes halogenated alkanes) is 3. The van der Waals surface area contributed by atoms with Gasteiger partial charge in [-0.2, -0.15) is 0 Å². The van der Waals surface area contributed by atoms with E-state index >= 15 is 0 Å². The van der Waals surface area contributed by atoms with Gasteiger partial charge in [-0.05, 0) is 0 Å². The average molecular weight is 785 g/mol. The number of benzene rings is 4. The molecule has 0 atom stereocenters. The molecule has 0 nitrogen and oxygen atoms in total. The molecule has 0 aliphatic carbocycles. The summed E-state index contributed by atoms with van der Waals surface area (Å²) in [6.07, 6.45) is 7.32. The molecule has 0 spiro atoms. The quantitative estimate of drug-likeness (QED) is 0.0575. The van der Waals surface area contributed by atoms with E-state index < -0.39 is 36.8 Å². The molecule has 4 aromatic carbocycles. The van der Waals surface area contributed by atoms with Gasteiger partial charge in [0.15, 0.2) is 0 Å². The summed E-state index contributed by atoms with van der Waals surface area (Å²) in [5.41, 5.74) is 0. The van der Waals surface area contributed by atoms with Crippen LogP contribution in [0, 0.1) is 0 Å². The standard InChI is InChI=1S/4C6H5.2C4H8Cl.C4H8.2Sn/c4*1-2-4-6-5-3-1;2*1-2-3-4-5;1-3-4-2;;/h4*1-5H;2*1-4H2;1-4H2;;. The van der Waals surface area contributed by atoms with Crippen molar-refractivity contribution in [1.29, 1.82) is 0 Å². The second kappa shape index (κ2) is 17.2. The Bertz CT molecular complexity index is 1040. The van der Waals surface area contributed by atoms with Gasteiger partial charge in [0.1, 0.15) is 0 Å². The third-order valence-corrected chi connectivity index (χ3v) is 39.5. The van der Waals surface area contributed by atoms with E-state index in [1.165, 1.54) is 43.4 Å². The van der Waals surface area contributed by atoms with Crippen LogP contribution in [0.5, 0.6) is 0 Å². The monoisotopic (exact) mass is 786 g/mol. The first-order valence-corrected chi connectivity index (χ1v) is 29.9. The molecule has 40 heavy (non-hydrogen) atoms. The minimum atomic E-state index is -2.92. The molecular weight excluding hydrogens is 741 g/mol. The number of hydrogen-bond donors (Lipinski definition) is 0. The van der Waals surface area contributed by atoms with E-state index in [1.54, 1.807) is 14.3 Å². The van der Waals surface area contributed by atoms with Crippen molar-refractivity contribution in [2.75, 3.05) is 11.8 Å². The molecular formula is C36H44Cl2Sn2. The summed E-state index contributed by atoms with van der Waals surface area (Å²) in [5.74, 6) is 1.53. The number of hydrogen-bond acceptors (Lipinski definition) is 0. The molecule has 0 unspecified atom stereocenters. The second-order valence-electron chi connectivity index (χ2n) is 11.1. The van der Waals surface area contributed by atoms with Crippen molar-refractivity contribution in [2.24, 2.45) is 0 Å². The zero-order valence-corrected chi connectivity index (χ0v) is 31.0. The van der Waals surface area contributed by atoms with Crippen molar-refractivity contribution in [3.8, 4) is 0 Å². The molecule has 0 aliphatic heterocycles. The summed E-state index contributed by atoms with van der Waals surface area (Å²) < 4.78 is 12.0. The van der Waals surface area contributed by atoms with Gasteiger partial charge < -0.3 is 0 Å². The zero-order valence-electron chi connectivity index (χ0n) is 23.8. The predicted octanol–water partition coefficient (Wildman–Crippen LogP) is 8.33. The summed E-state index contributed by atoms with van der Waals surface area (Å²) >= 11 is 6.54. The summed E-state index contributed by atoms with van der Waals surface area (Å²) in [6, 6.07) is 46.3.